The Hall–Kier alpha value is -4.03. The molecule has 0 bridgehead atoms. The molecule has 1 aromatic heterocycles. The number of nitrogens with zero attached hydrogens (tertiary/aromatic N) is 2. The maximum Gasteiger partial charge on any atom is 0.352 e. The summed E-state index contributed by atoms with van der Waals surface area (Å²) < 4.78 is 6.06. The first-order valence-corrected chi connectivity index (χ1v) is 14.7. The first-order valence-electron chi connectivity index (χ1n) is 12.6. The van der Waals surface area contributed by atoms with Gasteiger partial charge in [0.2, 0.25) is 5.91 Å². The third-order valence-corrected chi connectivity index (χ3v) is 9.30. The van der Waals surface area contributed by atoms with Gasteiger partial charge in [0.1, 0.15) is 35.3 Å². The van der Waals surface area contributed by atoms with Crippen molar-refractivity contribution in [2.45, 2.75) is 24.3 Å². The van der Waals surface area contributed by atoms with E-state index in [0.29, 0.717) is 39.4 Å². The van der Waals surface area contributed by atoms with Crippen LogP contribution in [0.1, 0.15) is 12.8 Å². The van der Waals surface area contributed by atoms with E-state index in [0.717, 1.165) is 17.1 Å². The number of carbonyl (C=O) groups is 3. The normalized spacial score (nSPS) is 20.1. The number of carboxylic acids is 1. The van der Waals surface area contributed by atoms with Gasteiger partial charge in [0, 0.05) is 17.1 Å². The highest BCUT2D eigenvalue weighted by atomic mass is 32.2. The molecule has 2 unspecified atom stereocenters. The molecule has 3 aliphatic heterocycles. The zero-order valence-corrected chi connectivity index (χ0v) is 22.7. The van der Waals surface area contributed by atoms with Gasteiger partial charge >= 0.3 is 5.97 Å². The van der Waals surface area contributed by atoms with Crippen LogP contribution in [0.25, 0.3) is 22.3 Å². The Kier molecular flexibility index (Phi) is 7.11. The number of para-hydroxylation sites is 2. The van der Waals surface area contributed by atoms with Gasteiger partial charge in [-0.2, -0.15) is 0 Å². The van der Waals surface area contributed by atoms with Crippen LogP contribution in [-0.2, 0) is 14.4 Å². The number of fused-ring (bicyclic) bond motifs is 2. The topological polar surface area (TPSA) is 142 Å². The van der Waals surface area contributed by atoms with Gasteiger partial charge in [-0.3, -0.25) is 19.3 Å². The van der Waals surface area contributed by atoms with Gasteiger partial charge in [-0.1, -0.05) is 30.3 Å². The van der Waals surface area contributed by atoms with Crippen molar-refractivity contribution >= 4 is 52.2 Å². The van der Waals surface area contributed by atoms with E-state index in [-0.39, 0.29) is 30.2 Å². The molecule has 0 spiro atoms. The van der Waals surface area contributed by atoms with Gasteiger partial charge in [0.15, 0.2) is 0 Å². The Morgan fingerprint density at radius 2 is 1.95 bits per heavy atom. The number of ether oxygens (including phenoxy) is 1. The predicted molar refractivity (Wildman–Crippen MR) is 153 cm³/mol. The molecule has 12 heteroatoms. The molecule has 10 nitrogen and oxygen atoms in total. The van der Waals surface area contributed by atoms with Gasteiger partial charge < -0.3 is 20.1 Å². The Bertz CT molecular complexity index is 1670. The van der Waals surface area contributed by atoms with Crippen molar-refractivity contribution < 1.29 is 24.2 Å². The number of benzene rings is 2. The number of allylic oxidation sites excluding steroid dienone is 1. The molecule has 3 aliphatic rings. The molecule has 3 N–H and O–H groups in total. The number of hydrogen-bond donors (Lipinski definition) is 3. The zero-order valence-electron chi connectivity index (χ0n) is 21.1. The lowest BCUT2D eigenvalue weighted by Crippen LogP contribution is -2.70. The summed E-state index contributed by atoms with van der Waals surface area (Å²) in [5.41, 5.74) is 1.12. The molecular formula is C28H24N4O6S2. The van der Waals surface area contributed by atoms with E-state index in [4.69, 9.17) is 4.74 Å². The van der Waals surface area contributed by atoms with E-state index in [1.54, 1.807) is 60.3 Å². The molecule has 2 aromatic carbocycles. The fourth-order valence-electron chi connectivity index (χ4n) is 4.94. The van der Waals surface area contributed by atoms with Crippen LogP contribution in [0.4, 0.5) is 0 Å². The quantitative estimate of drug-likeness (QED) is 0.345. The number of carboxylic acid groups (broad SMARTS) is 1. The van der Waals surface area contributed by atoms with E-state index >= 15 is 0 Å². The minimum Gasteiger partial charge on any atom is -0.488 e. The third kappa shape index (κ3) is 4.88. The monoisotopic (exact) mass is 576 g/mol. The Balaban J connectivity index is 1.20. The molecule has 6 rings (SSSR count). The number of rotatable bonds is 8. The summed E-state index contributed by atoms with van der Waals surface area (Å²) in [7, 11) is 0. The Morgan fingerprint density at radius 1 is 1.15 bits per heavy atom. The number of carbonyl (C=O) groups excluding carboxylic acids is 2. The largest absolute Gasteiger partial charge is 0.488 e. The van der Waals surface area contributed by atoms with Crippen LogP contribution in [0.3, 0.4) is 0 Å². The van der Waals surface area contributed by atoms with Gasteiger partial charge in [-0.25, -0.2) is 9.78 Å². The molecule has 1 fully saturated rings. The van der Waals surface area contributed by atoms with E-state index in [9.17, 15) is 24.3 Å². The lowest BCUT2D eigenvalue weighted by Gasteiger charge is -2.49. The highest BCUT2D eigenvalue weighted by molar-refractivity contribution is 8.03. The first-order chi connectivity index (χ1) is 19.4. The maximum absolute atomic E-state index is 13.0. The molecule has 1 saturated heterocycles. The molecule has 0 aliphatic carbocycles. The van der Waals surface area contributed by atoms with Crippen molar-refractivity contribution in [1.29, 1.82) is 0 Å². The summed E-state index contributed by atoms with van der Waals surface area (Å²) >= 11 is 3.02. The molecule has 2 atom stereocenters. The van der Waals surface area contributed by atoms with Crippen LogP contribution in [0.5, 0.6) is 5.75 Å². The minimum absolute atomic E-state index is 0.0810. The Morgan fingerprint density at radius 3 is 2.75 bits per heavy atom. The molecule has 204 valence electrons. The van der Waals surface area contributed by atoms with Crippen LogP contribution in [-0.4, -0.2) is 67.3 Å². The van der Waals surface area contributed by atoms with Crippen molar-refractivity contribution in [3.63, 3.8) is 0 Å². The number of nitrogens with one attached hydrogen (secondary N) is 2. The van der Waals surface area contributed by atoms with Crippen molar-refractivity contribution in [2.75, 3.05) is 18.1 Å². The fraction of sp³-hybridized carbons (Fsp3) is 0.250. The second-order valence-electron chi connectivity index (χ2n) is 9.41. The number of β-lactam (4-membered cyclic amide) rings is 1. The molecule has 2 amide bonds. The van der Waals surface area contributed by atoms with Gasteiger partial charge in [0.05, 0.1) is 22.9 Å². The lowest BCUT2D eigenvalue weighted by atomic mass is 10.0. The number of aromatic nitrogens is 2. The summed E-state index contributed by atoms with van der Waals surface area (Å²) in [6, 6.07) is 13.3. The van der Waals surface area contributed by atoms with Crippen molar-refractivity contribution in [3.05, 3.63) is 81.1 Å². The highest BCUT2D eigenvalue weighted by Gasteiger charge is 2.54. The van der Waals surface area contributed by atoms with Crippen molar-refractivity contribution in [2.24, 2.45) is 0 Å². The number of aliphatic carboxylic acids is 1. The van der Waals surface area contributed by atoms with Crippen molar-refractivity contribution in [1.82, 2.24) is 20.2 Å². The van der Waals surface area contributed by atoms with Crippen LogP contribution < -0.4 is 15.6 Å². The lowest BCUT2D eigenvalue weighted by molar-refractivity contribution is -0.150. The molecular weight excluding hydrogens is 552 g/mol. The van der Waals surface area contributed by atoms with Gasteiger partial charge in [-0.15, -0.1) is 23.5 Å². The van der Waals surface area contributed by atoms with Gasteiger partial charge in [0.25, 0.3) is 11.5 Å². The molecule has 40 heavy (non-hydrogen) atoms. The highest BCUT2D eigenvalue weighted by Crippen LogP contribution is 2.41. The predicted octanol–water partition coefficient (Wildman–Crippen LogP) is 3.12. The summed E-state index contributed by atoms with van der Waals surface area (Å²) in [5, 5.41) is 12.8. The van der Waals surface area contributed by atoms with Crippen molar-refractivity contribution in [3.8, 4) is 17.1 Å². The smallest absolute Gasteiger partial charge is 0.352 e. The number of hydrogen-bond acceptors (Lipinski definition) is 8. The van der Waals surface area contributed by atoms with E-state index in [1.807, 2.05) is 6.08 Å². The first kappa shape index (κ1) is 26.2. The molecule has 0 saturated carbocycles. The van der Waals surface area contributed by atoms with Crippen LogP contribution in [0.2, 0.25) is 0 Å². The average molecular weight is 577 g/mol. The van der Waals surface area contributed by atoms with E-state index in [2.05, 4.69) is 15.3 Å². The third-order valence-electron chi connectivity index (χ3n) is 6.84. The summed E-state index contributed by atoms with van der Waals surface area (Å²) in [4.78, 5) is 59.9. The SMILES string of the molecule is O=C(CC1=CCCS1)NC1C(=O)N2C(C(=O)O)=C(COc3ccccc3-c3nc4ccccc4c(=O)[nH]3)CSC12. The zero-order chi connectivity index (χ0) is 27.8. The summed E-state index contributed by atoms with van der Waals surface area (Å²) in [6.07, 6.45) is 3.18. The van der Waals surface area contributed by atoms with Crippen LogP contribution in [0, 0.1) is 0 Å². The van der Waals surface area contributed by atoms with Crippen LogP contribution >= 0.6 is 23.5 Å². The number of H-pyrrole nitrogens is 1. The average Bonchev–Trinajstić information content (AvgIpc) is 3.47. The standard InChI is InChI=1S/C28H24N4O6S2/c33-21(12-16-6-5-11-39-16)30-22-26(35)32-23(28(36)37)15(14-40-27(22)32)13-38-20-10-4-2-8-18(20)24-29-19-9-3-1-7-17(19)25(34)31-24/h1-4,6-10,22,27H,5,11-14H2,(H,30,33)(H,36,37)(H,29,31,34). The van der Waals surface area contributed by atoms with Gasteiger partial charge in [-0.05, 0) is 35.6 Å². The molecule has 4 heterocycles. The van der Waals surface area contributed by atoms with Crippen LogP contribution in [0.15, 0.2) is 75.6 Å². The maximum atomic E-state index is 13.0. The minimum atomic E-state index is -1.23. The number of thioether (sulfide) groups is 2. The van der Waals surface area contributed by atoms with E-state index < -0.39 is 23.3 Å². The second kappa shape index (κ2) is 10.9. The van der Waals surface area contributed by atoms with E-state index in [1.165, 1.54) is 16.7 Å². The molecule has 0 radical (unpaired) electrons. The number of aromatic amines is 1. The number of amides is 2. The second-order valence-corrected chi connectivity index (χ2v) is 11.7. The Labute approximate surface area is 236 Å². The fourth-order valence-corrected chi connectivity index (χ4v) is 7.23. The summed E-state index contributed by atoms with van der Waals surface area (Å²) in [6.45, 7) is -0.0810. The summed E-state index contributed by atoms with van der Waals surface area (Å²) in [5.74, 6) is 0.0751. The molecule has 3 aromatic rings.